The SMILES string of the molecule is CCc1ccccc1NC(=O)c1c(C)oc2ncn(CC(C)C)c(=O)c12. The average molecular weight is 353 g/mol. The van der Waals surface area contributed by atoms with Gasteiger partial charge in [-0.15, -0.1) is 0 Å². The summed E-state index contributed by atoms with van der Waals surface area (Å²) in [5.74, 6) is 0.315. The van der Waals surface area contributed by atoms with Gasteiger partial charge in [0.1, 0.15) is 17.5 Å². The van der Waals surface area contributed by atoms with Crippen LogP contribution in [-0.2, 0) is 13.0 Å². The van der Waals surface area contributed by atoms with Crippen molar-refractivity contribution in [3.63, 3.8) is 0 Å². The van der Waals surface area contributed by atoms with Crippen molar-refractivity contribution in [3.05, 3.63) is 57.8 Å². The van der Waals surface area contributed by atoms with Crippen molar-refractivity contribution < 1.29 is 9.21 Å². The number of carbonyl (C=O) groups excluding carboxylic acids is 1. The number of para-hydroxylation sites is 1. The third-order valence-corrected chi connectivity index (χ3v) is 4.29. The molecule has 0 saturated heterocycles. The molecule has 0 spiro atoms. The molecule has 2 heterocycles. The van der Waals surface area contributed by atoms with Gasteiger partial charge < -0.3 is 9.73 Å². The quantitative estimate of drug-likeness (QED) is 0.757. The van der Waals surface area contributed by atoms with Crippen LogP contribution in [0.5, 0.6) is 0 Å². The summed E-state index contributed by atoms with van der Waals surface area (Å²) in [4.78, 5) is 30.0. The predicted octanol–water partition coefficient (Wildman–Crippen LogP) is 3.77. The Hall–Kier alpha value is -2.89. The number of nitrogens with one attached hydrogen (secondary N) is 1. The van der Waals surface area contributed by atoms with Crippen molar-refractivity contribution >= 4 is 22.7 Å². The molecule has 1 aromatic carbocycles. The van der Waals surface area contributed by atoms with Crippen LogP contribution < -0.4 is 10.9 Å². The Kier molecular flexibility index (Phi) is 4.93. The Morgan fingerprint density at radius 3 is 2.73 bits per heavy atom. The fraction of sp³-hybridized carbons (Fsp3) is 0.350. The van der Waals surface area contributed by atoms with E-state index in [1.807, 2.05) is 45.0 Å². The summed E-state index contributed by atoms with van der Waals surface area (Å²) < 4.78 is 7.10. The normalized spacial score (nSPS) is 11.3. The molecular formula is C20H23N3O3. The lowest BCUT2D eigenvalue weighted by Gasteiger charge is -2.10. The second-order valence-corrected chi connectivity index (χ2v) is 6.77. The van der Waals surface area contributed by atoms with E-state index < -0.39 is 0 Å². The molecule has 0 aliphatic carbocycles. The van der Waals surface area contributed by atoms with Crippen LogP contribution in [0.2, 0.25) is 0 Å². The van der Waals surface area contributed by atoms with Crippen LogP contribution in [0.4, 0.5) is 5.69 Å². The van der Waals surface area contributed by atoms with Crippen molar-refractivity contribution in [1.29, 1.82) is 0 Å². The van der Waals surface area contributed by atoms with Crippen molar-refractivity contribution in [2.24, 2.45) is 5.92 Å². The van der Waals surface area contributed by atoms with Gasteiger partial charge in [0.05, 0.1) is 5.56 Å². The van der Waals surface area contributed by atoms with Gasteiger partial charge in [-0.25, -0.2) is 4.98 Å². The summed E-state index contributed by atoms with van der Waals surface area (Å²) in [7, 11) is 0. The van der Waals surface area contributed by atoms with Gasteiger partial charge in [0.2, 0.25) is 5.71 Å². The average Bonchev–Trinajstić information content (AvgIpc) is 2.94. The molecular weight excluding hydrogens is 330 g/mol. The van der Waals surface area contributed by atoms with Crippen LogP contribution in [0.3, 0.4) is 0 Å². The van der Waals surface area contributed by atoms with Gasteiger partial charge in [-0.2, -0.15) is 0 Å². The molecule has 0 aliphatic heterocycles. The molecule has 6 nitrogen and oxygen atoms in total. The number of fused-ring (bicyclic) bond motifs is 1. The fourth-order valence-electron chi connectivity index (χ4n) is 3.07. The van der Waals surface area contributed by atoms with E-state index in [2.05, 4.69) is 10.3 Å². The van der Waals surface area contributed by atoms with E-state index in [1.54, 1.807) is 6.92 Å². The Morgan fingerprint density at radius 2 is 2.04 bits per heavy atom. The lowest BCUT2D eigenvalue weighted by atomic mass is 10.1. The maximum Gasteiger partial charge on any atom is 0.265 e. The minimum absolute atomic E-state index is 0.196. The standard InChI is InChI=1S/C20H23N3O3/c1-5-14-8-6-7-9-15(14)22-18(24)16-13(4)26-19-17(16)20(25)23(11-21-19)10-12(2)3/h6-9,11-12H,5,10H2,1-4H3,(H,22,24). The van der Waals surface area contributed by atoms with E-state index in [9.17, 15) is 9.59 Å². The first-order chi connectivity index (χ1) is 12.4. The number of furan rings is 1. The van der Waals surface area contributed by atoms with Crippen molar-refractivity contribution in [2.45, 2.75) is 40.7 Å². The molecule has 3 rings (SSSR count). The molecule has 3 aromatic rings. The number of carbonyl (C=O) groups is 1. The molecule has 0 atom stereocenters. The lowest BCUT2D eigenvalue weighted by molar-refractivity contribution is 0.102. The first-order valence-corrected chi connectivity index (χ1v) is 8.80. The Balaban J connectivity index is 2.07. The van der Waals surface area contributed by atoms with Crippen LogP contribution in [-0.4, -0.2) is 15.5 Å². The summed E-state index contributed by atoms with van der Waals surface area (Å²) >= 11 is 0. The summed E-state index contributed by atoms with van der Waals surface area (Å²) in [6.07, 6.45) is 2.27. The molecule has 2 aromatic heterocycles. The zero-order chi connectivity index (χ0) is 18.8. The summed E-state index contributed by atoms with van der Waals surface area (Å²) in [6.45, 7) is 8.28. The minimum atomic E-state index is -0.358. The summed E-state index contributed by atoms with van der Waals surface area (Å²) in [5, 5.41) is 3.14. The summed E-state index contributed by atoms with van der Waals surface area (Å²) in [5.41, 5.74) is 1.96. The van der Waals surface area contributed by atoms with Crippen LogP contribution in [0.25, 0.3) is 11.1 Å². The van der Waals surface area contributed by atoms with Crippen LogP contribution in [0.1, 0.15) is 42.5 Å². The van der Waals surface area contributed by atoms with Gasteiger partial charge >= 0.3 is 0 Å². The maximum absolute atomic E-state index is 12.9. The molecule has 0 aliphatic rings. The maximum atomic E-state index is 12.9. The highest BCUT2D eigenvalue weighted by Gasteiger charge is 2.23. The van der Waals surface area contributed by atoms with E-state index in [0.29, 0.717) is 12.3 Å². The van der Waals surface area contributed by atoms with Crippen LogP contribution in [0, 0.1) is 12.8 Å². The van der Waals surface area contributed by atoms with Crippen molar-refractivity contribution in [1.82, 2.24) is 9.55 Å². The second-order valence-electron chi connectivity index (χ2n) is 6.77. The van der Waals surface area contributed by atoms with E-state index in [4.69, 9.17) is 4.42 Å². The lowest BCUT2D eigenvalue weighted by Crippen LogP contribution is -2.24. The topological polar surface area (TPSA) is 77.1 Å². The highest BCUT2D eigenvalue weighted by Crippen LogP contribution is 2.23. The number of benzene rings is 1. The van der Waals surface area contributed by atoms with E-state index in [1.165, 1.54) is 10.9 Å². The summed E-state index contributed by atoms with van der Waals surface area (Å²) in [6, 6.07) is 7.62. The van der Waals surface area contributed by atoms with Crippen molar-refractivity contribution in [2.75, 3.05) is 5.32 Å². The number of nitrogens with zero attached hydrogens (tertiary/aromatic N) is 2. The zero-order valence-electron chi connectivity index (χ0n) is 15.5. The minimum Gasteiger partial charge on any atom is -0.442 e. The molecule has 6 heteroatoms. The molecule has 26 heavy (non-hydrogen) atoms. The molecule has 0 saturated carbocycles. The highest BCUT2D eigenvalue weighted by atomic mass is 16.3. The Bertz CT molecular complexity index is 1010. The zero-order valence-corrected chi connectivity index (χ0v) is 15.5. The van der Waals surface area contributed by atoms with E-state index in [-0.39, 0.29) is 34.0 Å². The number of hydrogen-bond donors (Lipinski definition) is 1. The fourth-order valence-corrected chi connectivity index (χ4v) is 3.07. The number of rotatable bonds is 5. The Morgan fingerprint density at radius 1 is 1.31 bits per heavy atom. The van der Waals surface area contributed by atoms with Crippen molar-refractivity contribution in [3.8, 4) is 0 Å². The number of aryl methyl sites for hydroxylation is 2. The largest absolute Gasteiger partial charge is 0.442 e. The Labute approximate surface area is 151 Å². The first kappa shape index (κ1) is 17.9. The highest BCUT2D eigenvalue weighted by molar-refractivity contribution is 6.12. The molecule has 1 amide bonds. The number of anilines is 1. The third-order valence-electron chi connectivity index (χ3n) is 4.29. The number of hydrogen-bond acceptors (Lipinski definition) is 4. The smallest absolute Gasteiger partial charge is 0.265 e. The molecule has 1 N–H and O–H groups in total. The van der Waals surface area contributed by atoms with E-state index >= 15 is 0 Å². The first-order valence-electron chi connectivity index (χ1n) is 8.80. The number of aromatic nitrogens is 2. The molecule has 0 unspecified atom stereocenters. The molecule has 0 bridgehead atoms. The van der Waals surface area contributed by atoms with Gasteiger partial charge in [0.25, 0.3) is 11.5 Å². The number of amides is 1. The predicted molar refractivity (Wildman–Crippen MR) is 102 cm³/mol. The van der Waals surface area contributed by atoms with Crippen LogP contribution in [0.15, 0.2) is 39.8 Å². The van der Waals surface area contributed by atoms with Gasteiger partial charge in [0, 0.05) is 12.2 Å². The third kappa shape index (κ3) is 3.27. The molecule has 0 fully saturated rings. The molecule has 136 valence electrons. The monoisotopic (exact) mass is 353 g/mol. The second kappa shape index (κ2) is 7.15. The molecule has 0 radical (unpaired) electrons. The van der Waals surface area contributed by atoms with Gasteiger partial charge in [-0.1, -0.05) is 39.0 Å². The van der Waals surface area contributed by atoms with Crippen LogP contribution >= 0.6 is 0 Å². The van der Waals surface area contributed by atoms with Gasteiger partial charge in [-0.3, -0.25) is 14.2 Å². The van der Waals surface area contributed by atoms with Gasteiger partial charge in [0.15, 0.2) is 0 Å². The van der Waals surface area contributed by atoms with Gasteiger partial charge in [-0.05, 0) is 30.9 Å². The van der Waals surface area contributed by atoms with E-state index in [0.717, 1.165) is 17.7 Å².